The van der Waals surface area contributed by atoms with Gasteiger partial charge in [-0.05, 0) is 18.2 Å². The van der Waals surface area contributed by atoms with Crippen LogP contribution in [0.2, 0.25) is 0 Å². The summed E-state index contributed by atoms with van der Waals surface area (Å²) in [6, 6.07) is 4.54. The molecular formula is C11H7FN4S. The van der Waals surface area contributed by atoms with Crippen molar-refractivity contribution in [1.82, 2.24) is 15.0 Å². The van der Waals surface area contributed by atoms with E-state index in [-0.39, 0.29) is 5.82 Å². The van der Waals surface area contributed by atoms with Gasteiger partial charge in [-0.3, -0.25) is 0 Å². The van der Waals surface area contributed by atoms with Gasteiger partial charge in [-0.1, -0.05) is 11.3 Å². The van der Waals surface area contributed by atoms with E-state index in [2.05, 4.69) is 15.0 Å². The predicted octanol–water partition coefficient (Wildman–Crippen LogP) is 2.47. The maximum Gasteiger partial charge on any atom is 0.190 e. The van der Waals surface area contributed by atoms with E-state index < -0.39 is 0 Å². The fourth-order valence-electron chi connectivity index (χ4n) is 1.50. The second-order valence-electron chi connectivity index (χ2n) is 3.44. The van der Waals surface area contributed by atoms with Crippen molar-refractivity contribution in [2.24, 2.45) is 0 Å². The molecule has 6 heteroatoms. The van der Waals surface area contributed by atoms with Gasteiger partial charge in [0.15, 0.2) is 10.5 Å². The molecule has 0 spiro atoms. The van der Waals surface area contributed by atoms with Crippen LogP contribution in [0.3, 0.4) is 0 Å². The van der Waals surface area contributed by atoms with Gasteiger partial charge in [0.2, 0.25) is 0 Å². The fraction of sp³-hybridized carbons (Fsp3) is 0. The molecular weight excluding hydrogens is 239 g/mol. The molecule has 84 valence electrons. The highest BCUT2D eigenvalue weighted by molar-refractivity contribution is 7.21. The SMILES string of the molecule is Nc1ccc(-c2nc3nccnc3s2)c(F)c1. The number of fused-ring (bicyclic) bond motifs is 1. The van der Waals surface area contributed by atoms with E-state index in [1.165, 1.54) is 17.4 Å². The van der Waals surface area contributed by atoms with E-state index in [0.29, 0.717) is 26.7 Å². The first kappa shape index (κ1) is 10.1. The molecule has 2 aromatic heterocycles. The van der Waals surface area contributed by atoms with Gasteiger partial charge in [-0.15, -0.1) is 0 Å². The molecule has 0 atom stereocenters. The summed E-state index contributed by atoms with van der Waals surface area (Å²) in [6.45, 7) is 0. The van der Waals surface area contributed by atoms with Crippen LogP contribution in [-0.2, 0) is 0 Å². The lowest BCUT2D eigenvalue weighted by Gasteiger charge is -1.99. The number of halogens is 1. The van der Waals surface area contributed by atoms with Crippen molar-refractivity contribution in [1.29, 1.82) is 0 Å². The molecule has 0 fully saturated rings. The summed E-state index contributed by atoms with van der Waals surface area (Å²) >= 11 is 1.30. The zero-order valence-corrected chi connectivity index (χ0v) is 9.41. The molecule has 0 radical (unpaired) electrons. The summed E-state index contributed by atoms with van der Waals surface area (Å²) in [5.74, 6) is -0.385. The van der Waals surface area contributed by atoms with E-state index in [4.69, 9.17) is 5.73 Å². The smallest absolute Gasteiger partial charge is 0.190 e. The van der Waals surface area contributed by atoms with E-state index in [9.17, 15) is 4.39 Å². The molecule has 4 nitrogen and oxygen atoms in total. The van der Waals surface area contributed by atoms with Crippen LogP contribution in [0.5, 0.6) is 0 Å². The summed E-state index contributed by atoms with van der Waals surface area (Å²) in [5, 5.41) is 0.559. The van der Waals surface area contributed by atoms with E-state index >= 15 is 0 Å². The molecule has 3 rings (SSSR count). The third kappa shape index (κ3) is 1.72. The van der Waals surface area contributed by atoms with Gasteiger partial charge in [0.05, 0.1) is 0 Å². The highest BCUT2D eigenvalue weighted by Gasteiger charge is 2.11. The third-order valence-electron chi connectivity index (χ3n) is 2.27. The predicted molar refractivity (Wildman–Crippen MR) is 65.0 cm³/mol. The number of rotatable bonds is 1. The molecule has 0 amide bonds. The minimum absolute atomic E-state index is 0.385. The minimum atomic E-state index is -0.385. The van der Waals surface area contributed by atoms with Gasteiger partial charge in [0.1, 0.15) is 10.8 Å². The number of hydrogen-bond acceptors (Lipinski definition) is 5. The van der Waals surface area contributed by atoms with Gasteiger partial charge in [0.25, 0.3) is 0 Å². The minimum Gasteiger partial charge on any atom is -0.399 e. The highest BCUT2D eigenvalue weighted by atomic mass is 32.1. The zero-order chi connectivity index (χ0) is 11.8. The van der Waals surface area contributed by atoms with Crippen LogP contribution >= 0.6 is 11.3 Å². The molecule has 0 saturated heterocycles. The molecule has 0 unspecified atom stereocenters. The molecule has 0 aliphatic carbocycles. The Balaban J connectivity index is 2.20. The molecule has 3 aromatic rings. The Morgan fingerprint density at radius 1 is 1.18 bits per heavy atom. The monoisotopic (exact) mass is 246 g/mol. The normalized spacial score (nSPS) is 10.9. The average Bonchev–Trinajstić information content (AvgIpc) is 2.72. The van der Waals surface area contributed by atoms with Crippen molar-refractivity contribution < 1.29 is 4.39 Å². The number of thiazole rings is 1. The summed E-state index contributed by atoms with van der Waals surface area (Å²) in [4.78, 5) is 13.1. The quantitative estimate of drug-likeness (QED) is 0.670. The molecule has 2 heterocycles. The van der Waals surface area contributed by atoms with Crippen LogP contribution in [0.15, 0.2) is 30.6 Å². The number of nitrogen functional groups attached to an aromatic ring is 1. The topological polar surface area (TPSA) is 64.7 Å². The maximum atomic E-state index is 13.7. The Hall–Kier alpha value is -2.08. The van der Waals surface area contributed by atoms with Crippen molar-refractivity contribution in [3.63, 3.8) is 0 Å². The lowest BCUT2D eigenvalue weighted by atomic mass is 10.2. The maximum absolute atomic E-state index is 13.7. The number of anilines is 1. The lowest BCUT2D eigenvalue weighted by molar-refractivity contribution is 0.632. The molecule has 0 bridgehead atoms. The van der Waals surface area contributed by atoms with Crippen LogP contribution in [0.1, 0.15) is 0 Å². The highest BCUT2D eigenvalue weighted by Crippen LogP contribution is 2.30. The van der Waals surface area contributed by atoms with Crippen LogP contribution in [0.25, 0.3) is 21.0 Å². The van der Waals surface area contributed by atoms with Gasteiger partial charge in [-0.2, -0.15) is 0 Å². The van der Waals surface area contributed by atoms with E-state index in [0.717, 1.165) is 0 Å². The van der Waals surface area contributed by atoms with Crippen LogP contribution < -0.4 is 5.73 Å². The summed E-state index contributed by atoms with van der Waals surface area (Å²) in [6.07, 6.45) is 3.15. The Kier molecular flexibility index (Phi) is 2.22. The van der Waals surface area contributed by atoms with Crippen LogP contribution in [0, 0.1) is 5.82 Å². The third-order valence-corrected chi connectivity index (χ3v) is 3.26. The summed E-state index contributed by atoms with van der Waals surface area (Å²) in [5.41, 5.74) is 6.84. The van der Waals surface area contributed by atoms with Crippen molar-refractivity contribution in [2.45, 2.75) is 0 Å². The number of nitrogens with two attached hydrogens (primary N) is 1. The molecule has 0 aliphatic heterocycles. The first-order valence-corrected chi connectivity index (χ1v) is 5.68. The Morgan fingerprint density at radius 3 is 2.76 bits per heavy atom. The van der Waals surface area contributed by atoms with Crippen molar-refractivity contribution in [3.8, 4) is 10.6 Å². The van der Waals surface area contributed by atoms with Crippen molar-refractivity contribution in [3.05, 3.63) is 36.4 Å². The van der Waals surface area contributed by atoms with Crippen molar-refractivity contribution in [2.75, 3.05) is 5.73 Å². The van der Waals surface area contributed by atoms with Crippen LogP contribution in [0.4, 0.5) is 10.1 Å². The first-order valence-electron chi connectivity index (χ1n) is 4.87. The number of nitrogens with zero attached hydrogens (tertiary/aromatic N) is 3. The summed E-state index contributed by atoms with van der Waals surface area (Å²) < 4.78 is 13.7. The zero-order valence-electron chi connectivity index (χ0n) is 8.59. The second-order valence-corrected chi connectivity index (χ2v) is 4.42. The number of hydrogen-bond donors (Lipinski definition) is 1. The Labute approximate surface area is 100.0 Å². The lowest BCUT2D eigenvalue weighted by Crippen LogP contribution is -1.88. The van der Waals surface area contributed by atoms with Gasteiger partial charge in [0, 0.05) is 23.6 Å². The standard InChI is InChI=1S/C11H7FN4S/c12-8-5-6(13)1-2-7(8)10-16-9-11(17-10)15-4-3-14-9/h1-5H,13H2. The Morgan fingerprint density at radius 2 is 2.00 bits per heavy atom. The van der Waals surface area contributed by atoms with Crippen molar-refractivity contribution >= 4 is 27.5 Å². The average molecular weight is 246 g/mol. The van der Waals surface area contributed by atoms with Gasteiger partial charge in [-0.25, -0.2) is 19.3 Å². The summed E-state index contributed by atoms with van der Waals surface area (Å²) in [7, 11) is 0. The number of benzene rings is 1. The van der Waals surface area contributed by atoms with E-state index in [1.807, 2.05) is 0 Å². The second kappa shape index (κ2) is 3.74. The molecule has 2 N–H and O–H groups in total. The molecule has 0 saturated carbocycles. The molecule has 0 aliphatic rings. The van der Waals surface area contributed by atoms with E-state index in [1.54, 1.807) is 24.5 Å². The fourth-order valence-corrected chi connectivity index (χ4v) is 2.39. The largest absolute Gasteiger partial charge is 0.399 e. The molecule has 1 aromatic carbocycles. The van der Waals surface area contributed by atoms with Gasteiger partial charge < -0.3 is 5.73 Å². The van der Waals surface area contributed by atoms with Gasteiger partial charge >= 0.3 is 0 Å². The molecule has 17 heavy (non-hydrogen) atoms. The van der Waals surface area contributed by atoms with Crippen LogP contribution in [-0.4, -0.2) is 15.0 Å². The number of aromatic nitrogens is 3. The Bertz CT molecular complexity index is 662. The first-order chi connectivity index (χ1) is 8.24.